The Balaban J connectivity index is 0.000000194. The van der Waals surface area contributed by atoms with Crippen LogP contribution < -0.4 is 11.3 Å². The molecule has 5 N–H and O–H groups in total. The number of hydrogen-bond donors (Lipinski definition) is 4. The van der Waals surface area contributed by atoms with E-state index in [0.29, 0.717) is 0 Å². The predicted octanol–water partition coefficient (Wildman–Crippen LogP) is 0.535. The summed E-state index contributed by atoms with van der Waals surface area (Å²) < 4.78 is 0. The molecule has 0 spiro atoms. The fraction of sp³-hybridized carbons (Fsp3) is 0.0667. The Morgan fingerprint density at radius 1 is 0.926 bits per heavy atom. The minimum absolute atomic E-state index is 0.0283. The average Bonchev–Trinajstić information content (AvgIpc) is 2.82. The third kappa shape index (κ3) is 3.62. The van der Waals surface area contributed by atoms with Gasteiger partial charge in [-0.15, -0.1) is 0 Å². The van der Waals surface area contributed by atoms with E-state index in [9.17, 15) is 29.8 Å². The lowest BCUT2D eigenvalue weighted by atomic mass is 10.1. The van der Waals surface area contributed by atoms with Gasteiger partial charge in [0.2, 0.25) is 11.6 Å². The molecule has 12 heteroatoms. The largest absolute Gasteiger partial charge is 0.353 e. The molecule has 2 aromatic carbocycles. The zero-order chi connectivity index (χ0) is 20.4. The first-order valence-corrected chi connectivity index (χ1v) is 7.14. The van der Waals surface area contributed by atoms with Crippen molar-refractivity contribution in [2.24, 2.45) is 5.84 Å². The van der Waals surface area contributed by atoms with Crippen molar-refractivity contribution in [3.63, 3.8) is 0 Å². The number of nitrogen functional groups attached to an aromatic ring is 1. The second-order valence-electron chi connectivity index (χ2n) is 5.24. The first kappa shape index (κ1) is 19.6. The molecule has 0 atom stereocenters. The zero-order valence-electron chi connectivity index (χ0n) is 13.4. The molecule has 1 aliphatic rings. The molecule has 0 saturated heterocycles. The maximum Gasteiger partial charge on any atom is 0.300 e. The quantitative estimate of drug-likeness (QED) is 0.192. The van der Waals surface area contributed by atoms with Crippen molar-refractivity contribution in [1.82, 2.24) is 0 Å². The summed E-state index contributed by atoms with van der Waals surface area (Å²) in [5, 5.41) is 39.0. The predicted molar refractivity (Wildman–Crippen MR) is 89.8 cm³/mol. The second-order valence-corrected chi connectivity index (χ2v) is 5.24. The summed E-state index contributed by atoms with van der Waals surface area (Å²) in [4.78, 5) is 41.7. The monoisotopic (exact) mass is 376 g/mol. The van der Waals surface area contributed by atoms with Crippen LogP contribution in [0, 0.1) is 20.2 Å². The van der Waals surface area contributed by atoms with Gasteiger partial charge >= 0.3 is 5.69 Å². The number of Topliss-reactive ketones (excluding diaryl/α,β-unsaturated/α-hetero) is 2. The van der Waals surface area contributed by atoms with E-state index < -0.39 is 32.9 Å². The van der Waals surface area contributed by atoms with E-state index in [1.54, 1.807) is 12.1 Å². The van der Waals surface area contributed by atoms with Crippen LogP contribution in [-0.2, 0) is 0 Å². The number of nitrogens with two attached hydrogens (primary N) is 1. The first-order valence-electron chi connectivity index (χ1n) is 7.14. The van der Waals surface area contributed by atoms with E-state index in [4.69, 9.17) is 16.1 Å². The van der Waals surface area contributed by atoms with E-state index in [-0.39, 0.29) is 22.5 Å². The smallest absolute Gasteiger partial charge is 0.300 e. The van der Waals surface area contributed by atoms with Crippen molar-refractivity contribution in [3.05, 3.63) is 73.8 Å². The van der Waals surface area contributed by atoms with Crippen molar-refractivity contribution in [3.8, 4) is 0 Å². The summed E-state index contributed by atoms with van der Waals surface area (Å²) >= 11 is 0. The number of carbonyl (C=O) groups is 2. The van der Waals surface area contributed by atoms with Gasteiger partial charge in [0.15, 0.2) is 0 Å². The number of nitro benzene ring substituents is 2. The van der Waals surface area contributed by atoms with Crippen LogP contribution in [0.3, 0.4) is 0 Å². The number of benzene rings is 2. The van der Waals surface area contributed by atoms with Crippen molar-refractivity contribution in [2.75, 3.05) is 5.43 Å². The third-order valence-corrected chi connectivity index (χ3v) is 3.59. The van der Waals surface area contributed by atoms with Crippen LogP contribution in [0.15, 0.2) is 42.5 Å². The number of carbonyl (C=O) groups excluding carboxylic acids is 2. The van der Waals surface area contributed by atoms with Gasteiger partial charge in [-0.1, -0.05) is 24.3 Å². The highest BCUT2D eigenvalue weighted by Crippen LogP contribution is 2.28. The van der Waals surface area contributed by atoms with Crippen molar-refractivity contribution >= 4 is 28.6 Å². The minimum atomic E-state index is -2.86. The van der Waals surface area contributed by atoms with Crippen molar-refractivity contribution in [2.45, 2.75) is 5.79 Å². The van der Waals surface area contributed by atoms with Crippen LogP contribution >= 0.6 is 0 Å². The van der Waals surface area contributed by atoms with E-state index >= 15 is 0 Å². The van der Waals surface area contributed by atoms with Crippen LogP contribution in [0.25, 0.3) is 0 Å². The molecule has 0 amide bonds. The highest BCUT2D eigenvalue weighted by Gasteiger charge is 2.50. The Morgan fingerprint density at radius 3 is 1.85 bits per heavy atom. The Hall–Kier alpha value is -3.74. The summed E-state index contributed by atoms with van der Waals surface area (Å²) in [5.74, 6) is 0.231. The summed E-state index contributed by atoms with van der Waals surface area (Å²) in [6, 6.07) is 9.05. The molecule has 0 unspecified atom stereocenters. The van der Waals surface area contributed by atoms with Crippen LogP contribution in [0.2, 0.25) is 0 Å². The minimum Gasteiger partial charge on any atom is -0.353 e. The standard InChI is InChI=1S/C9H6O4.C6H6N4O4/c10-7-5-3-1-2-4-6(5)8(11)9(7,12)13;7-8-5-2-1-4(9(11)12)3-6(5)10(13)14/h1-4,12-13H;1-3,8H,7H2. The fourth-order valence-electron chi connectivity index (χ4n) is 2.26. The van der Waals surface area contributed by atoms with Crippen LogP contribution in [0.1, 0.15) is 20.7 Å². The van der Waals surface area contributed by atoms with Gasteiger partial charge in [-0.3, -0.25) is 35.7 Å². The molecule has 140 valence electrons. The molecular weight excluding hydrogens is 364 g/mol. The molecule has 12 nitrogen and oxygen atoms in total. The number of rotatable bonds is 3. The van der Waals surface area contributed by atoms with Gasteiger partial charge in [-0.25, -0.2) is 0 Å². The third-order valence-electron chi connectivity index (χ3n) is 3.59. The average molecular weight is 376 g/mol. The molecule has 0 fully saturated rings. The molecule has 27 heavy (non-hydrogen) atoms. The van der Waals surface area contributed by atoms with Crippen LogP contribution in [-0.4, -0.2) is 37.4 Å². The lowest BCUT2D eigenvalue weighted by Gasteiger charge is -2.08. The summed E-state index contributed by atoms with van der Waals surface area (Å²) in [6.07, 6.45) is 0. The summed E-state index contributed by atoms with van der Waals surface area (Å²) in [7, 11) is 0. The number of ketones is 2. The topological polar surface area (TPSA) is 199 Å². The molecule has 2 aromatic rings. The van der Waals surface area contributed by atoms with E-state index in [1.807, 2.05) is 0 Å². The van der Waals surface area contributed by atoms with Gasteiger partial charge in [0.1, 0.15) is 5.69 Å². The highest BCUT2D eigenvalue weighted by atomic mass is 16.6. The fourth-order valence-corrected chi connectivity index (χ4v) is 2.26. The number of fused-ring (bicyclic) bond motifs is 1. The van der Waals surface area contributed by atoms with Crippen LogP contribution in [0.4, 0.5) is 17.1 Å². The molecular formula is C15H12N4O8. The molecule has 0 aromatic heterocycles. The number of hydrogen-bond acceptors (Lipinski definition) is 10. The maximum absolute atomic E-state index is 11.2. The number of hydrazine groups is 1. The Kier molecular flexibility index (Phi) is 5.26. The summed E-state index contributed by atoms with van der Waals surface area (Å²) in [6.45, 7) is 0. The second kappa shape index (κ2) is 7.25. The number of nitro groups is 2. The Bertz CT molecular complexity index is 920. The first-order chi connectivity index (χ1) is 12.6. The summed E-state index contributed by atoms with van der Waals surface area (Å²) in [5.41, 5.74) is 1.46. The normalized spacial score (nSPS) is 14.0. The Morgan fingerprint density at radius 2 is 1.44 bits per heavy atom. The van der Waals surface area contributed by atoms with E-state index in [2.05, 4.69) is 5.43 Å². The highest BCUT2D eigenvalue weighted by molar-refractivity contribution is 6.30. The number of nitrogens with one attached hydrogen (secondary N) is 1. The maximum atomic E-state index is 11.2. The number of aliphatic hydroxyl groups is 2. The number of anilines is 1. The molecule has 0 radical (unpaired) electrons. The molecule has 0 saturated carbocycles. The van der Waals surface area contributed by atoms with Crippen molar-refractivity contribution in [1.29, 1.82) is 0 Å². The van der Waals surface area contributed by atoms with Gasteiger partial charge in [-0.2, -0.15) is 0 Å². The van der Waals surface area contributed by atoms with Gasteiger partial charge in [0.25, 0.3) is 11.5 Å². The van der Waals surface area contributed by atoms with Gasteiger partial charge < -0.3 is 15.6 Å². The zero-order valence-corrected chi connectivity index (χ0v) is 13.4. The number of nitrogens with zero attached hydrogens (tertiary/aromatic N) is 2. The molecule has 0 aliphatic heterocycles. The van der Waals surface area contributed by atoms with Crippen molar-refractivity contribution < 1.29 is 29.6 Å². The molecule has 0 heterocycles. The van der Waals surface area contributed by atoms with Crippen LogP contribution in [0.5, 0.6) is 0 Å². The number of non-ortho nitro benzene ring substituents is 1. The Labute approximate surface area is 150 Å². The molecule has 0 bridgehead atoms. The van der Waals surface area contributed by atoms with E-state index in [0.717, 1.165) is 12.1 Å². The molecule has 3 rings (SSSR count). The lowest BCUT2D eigenvalue weighted by molar-refractivity contribution is -0.393. The lowest BCUT2D eigenvalue weighted by Crippen LogP contribution is -2.40. The SMILES string of the molecule is NNc1ccc([N+](=O)[O-])cc1[N+](=O)[O-].O=C1c2ccccc2C(=O)C1(O)O. The van der Waals surface area contributed by atoms with Gasteiger partial charge in [0.05, 0.1) is 15.9 Å². The van der Waals surface area contributed by atoms with Gasteiger partial charge in [0, 0.05) is 17.2 Å². The van der Waals surface area contributed by atoms with E-state index in [1.165, 1.54) is 18.2 Å². The van der Waals surface area contributed by atoms with Gasteiger partial charge in [-0.05, 0) is 6.07 Å². The molecule has 1 aliphatic carbocycles.